The summed E-state index contributed by atoms with van der Waals surface area (Å²) in [6.07, 6.45) is 1.55. The maximum Gasteiger partial charge on any atom is 1.00 e. The predicted molar refractivity (Wildman–Crippen MR) is 69.7 cm³/mol. The fourth-order valence-corrected chi connectivity index (χ4v) is 1.56. The number of nitrogens with one attached hydrogen (secondary N) is 2. The van der Waals surface area contributed by atoms with E-state index in [-0.39, 0.29) is 46.8 Å². The Kier molecular flexibility index (Phi) is 7.93. The summed E-state index contributed by atoms with van der Waals surface area (Å²) in [4.78, 5) is 12.4. The van der Waals surface area contributed by atoms with Crippen LogP contribution in [0.4, 0.5) is 11.9 Å². The topological polar surface area (TPSA) is 79.8 Å². The monoisotopic (exact) mass is 280 g/mol. The SMILES string of the molecule is CC(C)Nc1nc(NC(C)C)nc(S(C)=O)n1.[Na+]. The van der Waals surface area contributed by atoms with Gasteiger partial charge in [0, 0.05) is 18.3 Å². The minimum Gasteiger partial charge on any atom is -0.352 e. The predicted octanol–water partition coefficient (Wildman–Crippen LogP) is -1.75. The fourth-order valence-electron chi connectivity index (χ4n) is 1.13. The van der Waals surface area contributed by atoms with Crippen molar-refractivity contribution >= 4 is 22.7 Å². The van der Waals surface area contributed by atoms with Crippen LogP contribution in [-0.2, 0) is 10.8 Å². The van der Waals surface area contributed by atoms with Crippen LogP contribution in [0.3, 0.4) is 0 Å². The van der Waals surface area contributed by atoms with Crippen LogP contribution >= 0.6 is 0 Å². The molecule has 0 aliphatic rings. The molecule has 1 atom stereocenters. The summed E-state index contributed by atoms with van der Waals surface area (Å²) in [6.45, 7) is 7.95. The smallest absolute Gasteiger partial charge is 0.352 e. The third-order valence-corrected chi connectivity index (χ3v) is 2.40. The van der Waals surface area contributed by atoms with Crippen molar-refractivity contribution in [3.63, 3.8) is 0 Å². The van der Waals surface area contributed by atoms with Crippen LogP contribution < -0.4 is 40.2 Å². The van der Waals surface area contributed by atoms with Gasteiger partial charge < -0.3 is 10.6 Å². The van der Waals surface area contributed by atoms with E-state index in [0.717, 1.165) is 0 Å². The van der Waals surface area contributed by atoms with Gasteiger partial charge >= 0.3 is 29.6 Å². The molecular formula is C10H19N5NaOS+. The minimum atomic E-state index is -1.22. The number of anilines is 2. The average Bonchev–Trinajstić information content (AvgIpc) is 2.14. The summed E-state index contributed by atoms with van der Waals surface area (Å²) < 4.78 is 11.4. The Labute approximate surface area is 133 Å². The van der Waals surface area contributed by atoms with Gasteiger partial charge in [-0.25, -0.2) is 0 Å². The molecule has 0 aliphatic carbocycles. The Morgan fingerprint density at radius 2 is 1.33 bits per heavy atom. The Balaban J connectivity index is 0.00000289. The van der Waals surface area contributed by atoms with Gasteiger partial charge in [-0.3, -0.25) is 4.21 Å². The second kappa shape index (κ2) is 8.04. The molecule has 1 heterocycles. The van der Waals surface area contributed by atoms with Crippen molar-refractivity contribution in [2.75, 3.05) is 16.9 Å². The molecule has 6 nitrogen and oxygen atoms in total. The van der Waals surface area contributed by atoms with E-state index in [9.17, 15) is 4.21 Å². The van der Waals surface area contributed by atoms with E-state index in [1.54, 1.807) is 6.26 Å². The van der Waals surface area contributed by atoms with Crippen molar-refractivity contribution in [3.05, 3.63) is 0 Å². The molecular weight excluding hydrogens is 261 g/mol. The van der Waals surface area contributed by atoms with Gasteiger partial charge in [0.1, 0.15) is 0 Å². The molecule has 96 valence electrons. The number of aromatic nitrogens is 3. The van der Waals surface area contributed by atoms with Gasteiger partial charge in [0.25, 0.3) is 0 Å². The maximum atomic E-state index is 11.4. The summed E-state index contributed by atoms with van der Waals surface area (Å²) in [5.74, 6) is 0.895. The van der Waals surface area contributed by atoms with Gasteiger partial charge in [-0.1, -0.05) is 0 Å². The van der Waals surface area contributed by atoms with Crippen LogP contribution in [-0.4, -0.2) is 37.5 Å². The zero-order chi connectivity index (χ0) is 13.0. The summed E-state index contributed by atoms with van der Waals surface area (Å²) in [5.41, 5.74) is 0. The zero-order valence-corrected chi connectivity index (χ0v) is 14.6. The zero-order valence-electron chi connectivity index (χ0n) is 11.8. The molecule has 0 bridgehead atoms. The van der Waals surface area contributed by atoms with Crippen LogP contribution in [0.2, 0.25) is 0 Å². The summed E-state index contributed by atoms with van der Waals surface area (Å²) >= 11 is 0. The van der Waals surface area contributed by atoms with E-state index < -0.39 is 10.8 Å². The molecule has 0 amide bonds. The summed E-state index contributed by atoms with van der Waals surface area (Å²) in [6, 6.07) is 0.421. The van der Waals surface area contributed by atoms with Crippen LogP contribution in [0.15, 0.2) is 5.16 Å². The molecule has 1 rings (SSSR count). The van der Waals surface area contributed by atoms with E-state index in [0.29, 0.717) is 11.9 Å². The second-order valence-corrected chi connectivity index (χ2v) is 5.59. The van der Waals surface area contributed by atoms with Crippen molar-refractivity contribution in [1.82, 2.24) is 15.0 Å². The normalized spacial score (nSPS) is 12.2. The summed E-state index contributed by atoms with van der Waals surface area (Å²) in [5, 5.41) is 6.44. The molecule has 2 N–H and O–H groups in total. The van der Waals surface area contributed by atoms with Crippen molar-refractivity contribution in [2.24, 2.45) is 0 Å². The average molecular weight is 280 g/mol. The standard InChI is InChI=1S/C10H19N5OS.Na/c1-6(2)11-8-13-9(12-7(3)4)15-10(14-8)17(5)16;/h6-7H,1-5H3,(H2,11,12,13,14,15);/q;+1. The minimum absolute atomic E-state index is 0. The Morgan fingerprint density at radius 3 is 1.61 bits per heavy atom. The van der Waals surface area contributed by atoms with Crippen LogP contribution in [0.25, 0.3) is 0 Å². The molecule has 0 fully saturated rings. The first kappa shape index (κ1) is 17.8. The molecule has 8 heteroatoms. The third kappa shape index (κ3) is 6.08. The van der Waals surface area contributed by atoms with E-state index in [1.165, 1.54) is 0 Å². The van der Waals surface area contributed by atoms with Crippen LogP contribution in [0.1, 0.15) is 27.7 Å². The number of hydrogen-bond donors (Lipinski definition) is 2. The molecule has 0 radical (unpaired) electrons. The third-order valence-electron chi connectivity index (χ3n) is 1.71. The van der Waals surface area contributed by atoms with E-state index >= 15 is 0 Å². The Bertz CT molecular complexity index is 385. The number of rotatable bonds is 5. The number of hydrogen-bond acceptors (Lipinski definition) is 6. The van der Waals surface area contributed by atoms with Gasteiger partial charge in [0.15, 0.2) is 0 Å². The van der Waals surface area contributed by atoms with Gasteiger partial charge in [0.2, 0.25) is 17.1 Å². The molecule has 0 spiro atoms. The van der Waals surface area contributed by atoms with Gasteiger partial charge in [0.05, 0.1) is 10.8 Å². The first-order valence-corrected chi connectivity index (χ1v) is 7.07. The first-order valence-electron chi connectivity index (χ1n) is 5.51. The first-order chi connectivity index (χ1) is 7.88. The quantitative estimate of drug-likeness (QED) is 0.623. The number of nitrogens with zero attached hydrogens (tertiary/aromatic N) is 3. The molecule has 0 aliphatic heterocycles. The molecule has 1 unspecified atom stereocenters. The fraction of sp³-hybridized carbons (Fsp3) is 0.700. The molecule has 0 saturated heterocycles. The molecule has 0 saturated carbocycles. The molecule has 0 aromatic carbocycles. The molecule has 18 heavy (non-hydrogen) atoms. The Hall–Kier alpha value is -0.240. The van der Waals surface area contributed by atoms with Crippen molar-refractivity contribution in [3.8, 4) is 0 Å². The van der Waals surface area contributed by atoms with E-state index in [4.69, 9.17) is 0 Å². The van der Waals surface area contributed by atoms with E-state index in [2.05, 4.69) is 25.6 Å². The van der Waals surface area contributed by atoms with Crippen molar-refractivity contribution in [1.29, 1.82) is 0 Å². The van der Waals surface area contributed by atoms with Crippen molar-refractivity contribution < 1.29 is 33.8 Å². The second-order valence-electron chi connectivity index (χ2n) is 4.32. The van der Waals surface area contributed by atoms with Gasteiger partial charge in [-0.15, -0.1) is 0 Å². The molecule has 1 aromatic heterocycles. The molecule has 1 aromatic rings. The van der Waals surface area contributed by atoms with Crippen molar-refractivity contribution in [2.45, 2.75) is 44.9 Å². The van der Waals surface area contributed by atoms with Gasteiger partial charge in [-0.05, 0) is 27.7 Å². The Morgan fingerprint density at radius 1 is 0.944 bits per heavy atom. The largest absolute Gasteiger partial charge is 1.00 e. The summed E-state index contributed by atoms with van der Waals surface area (Å²) in [7, 11) is -1.22. The van der Waals surface area contributed by atoms with Gasteiger partial charge in [-0.2, -0.15) is 15.0 Å². The van der Waals surface area contributed by atoms with Crippen LogP contribution in [0.5, 0.6) is 0 Å². The maximum absolute atomic E-state index is 11.4. The van der Waals surface area contributed by atoms with E-state index in [1.807, 2.05) is 27.7 Å². The van der Waals surface area contributed by atoms with Crippen LogP contribution in [0, 0.1) is 0 Å².